The van der Waals surface area contributed by atoms with Gasteiger partial charge in [0, 0.05) is 35.5 Å². The van der Waals surface area contributed by atoms with Crippen molar-refractivity contribution in [1.29, 1.82) is 0 Å². The van der Waals surface area contributed by atoms with Crippen LogP contribution in [-0.4, -0.2) is 19.1 Å². The average Bonchev–Trinajstić information content (AvgIpc) is 3.28. The molecule has 0 radical (unpaired) electrons. The second-order valence-electron chi connectivity index (χ2n) is 10.4. The van der Waals surface area contributed by atoms with Gasteiger partial charge >= 0.3 is 5.97 Å². The second kappa shape index (κ2) is 10.9. The predicted molar refractivity (Wildman–Crippen MR) is 161 cm³/mol. The molecule has 0 amide bonds. The van der Waals surface area contributed by atoms with E-state index in [9.17, 15) is 4.79 Å². The van der Waals surface area contributed by atoms with E-state index in [1.54, 1.807) is 0 Å². The molecule has 0 aromatic heterocycles. The van der Waals surface area contributed by atoms with Crippen molar-refractivity contribution in [2.24, 2.45) is 0 Å². The summed E-state index contributed by atoms with van der Waals surface area (Å²) in [6.07, 6.45) is 4.53. The Morgan fingerprint density at radius 1 is 0.775 bits per heavy atom. The maximum Gasteiger partial charge on any atom is 0.342 e. The molecule has 6 rings (SSSR count). The van der Waals surface area contributed by atoms with Crippen LogP contribution >= 0.6 is 11.6 Å². The summed E-state index contributed by atoms with van der Waals surface area (Å²) in [4.78, 5) is 16.1. The van der Waals surface area contributed by atoms with Crippen LogP contribution in [0, 0.1) is 0 Å². The first kappa shape index (κ1) is 26.3. The number of para-hydroxylation sites is 2. The van der Waals surface area contributed by atoms with Crippen LogP contribution in [-0.2, 0) is 10.3 Å². The fraction of sp³-hybridized carbons (Fsp3) is 0.265. The quantitative estimate of drug-likeness (QED) is 0.210. The zero-order valence-electron chi connectivity index (χ0n) is 22.9. The van der Waals surface area contributed by atoms with Gasteiger partial charge in [-0.3, -0.25) is 0 Å². The molecule has 4 aromatic rings. The number of hydrogen-bond acceptors (Lipinski definition) is 5. The van der Waals surface area contributed by atoms with Gasteiger partial charge in [0.05, 0.1) is 22.0 Å². The molecular formula is C34H33ClN2O3. The Morgan fingerprint density at radius 3 is 2.05 bits per heavy atom. The predicted octanol–water partition coefficient (Wildman–Crippen LogP) is 9.06. The van der Waals surface area contributed by atoms with Crippen LogP contribution in [0.25, 0.3) is 0 Å². The highest BCUT2D eigenvalue weighted by Crippen LogP contribution is 2.56. The molecule has 1 N–H and O–H groups in total. The molecule has 0 atom stereocenters. The third-order valence-electron chi connectivity index (χ3n) is 7.79. The molecule has 1 spiro atoms. The number of carbonyl (C=O) groups is 1. The Bertz CT molecular complexity index is 1510. The number of hydrogen-bond donors (Lipinski definition) is 1. The van der Waals surface area contributed by atoms with E-state index in [2.05, 4.69) is 36.2 Å². The van der Waals surface area contributed by atoms with Gasteiger partial charge in [-0.1, -0.05) is 86.8 Å². The fourth-order valence-electron chi connectivity index (χ4n) is 5.79. The van der Waals surface area contributed by atoms with E-state index in [1.165, 1.54) is 0 Å². The van der Waals surface area contributed by atoms with Crippen LogP contribution < -0.4 is 15.0 Å². The summed E-state index contributed by atoms with van der Waals surface area (Å²) in [6.45, 7) is 6.41. The minimum absolute atomic E-state index is 0.385. The van der Waals surface area contributed by atoms with E-state index in [0.717, 1.165) is 66.8 Å². The Kier molecular flexibility index (Phi) is 7.16. The van der Waals surface area contributed by atoms with Gasteiger partial charge in [0.2, 0.25) is 0 Å². The Hall–Kier alpha value is -3.96. The van der Waals surface area contributed by atoms with Gasteiger partial charge in [0.15, 0.2) is 5.60 Å². The summed E-state index contributed by atoms with van der Waals surface area (Å²) in [5, 5.41) is 4.08. The molecule has 0 bridgehead atoms. The molecule has 2 aliphatic rings. The number of carbonyl (C=O) groups excluding carboxylic acids is 1. The molecule has 0 unspecified atom stereocenters. The van der Waals surface area contributed by atoms with Crippen LogP contribution in [0.5, 0.6) is 11.5 Å². The van der Waals surface area contributed by atoms with Crippen molar-refractivity contribution in [2.75, 3.05) is 23.3 Å². The first-order chi connectivity index (χ1) is 19.6. The third kappa shape index (κ3) is 4.39. The second-order valence-corrected chi connectivity index (χ2v) is 10.8. The minimum atomic E-state index is -1.10. The molecule has 2 heterocycles. The average molecular weight is 553 g/mol. The molecular weight excluding hydrogens is 520 g/mol. The standard InChI is InChI=1S/C34H33ClN2O3/c1-3-5-20-37(21-6-4-2)23-18-19-27(35)29(22-23)36-28-15-11-14-26-32(28)33(38)40-34(26)24-12-7-9-16-30(24)39-31-17-10-8-13-25(31)34/h7-19,22,36H,3-6,20-21H2,1-2H3. The number of ether oxygens (including phenoxy) is 2. The summed E-state index contributed by atoms with van der Waals surface area (Å²) in [7, 11) is 0. The largest absolute Gasteiger partial charge is 0.456 e. The lowest BCUT2D eigenvalue weighted by atomic mass is 9.77. The van der Waals surface area contributed by atoms with Crippen LogP contribution in [0.2, 0.25) is 5.02 Å². The molecule has 2 aliphatic heterocycles. The highest BCUT2D eigenvalue weighted by molar-refractivity contribution is 6.33. The van der Waals surface area contributed by atoms with Crippen molar-refractivity contribution in [1.82, 2.24) is 0 Å². The van der Waals surface area contributed by atoms with Crippen molar-refractivity contribution in [3.05, 3.63) is 112 Å². The molecule has 0 fully saturated rings. The first-order valence-corrected chi connectivity index (χ1v) is 14.5. The lowest BCUT2D eigenvalue weighted by molar-refractivity contribution is 0.0225. The van der Waals surface area contributed by atoms with Gasteiger partial charge in [-0.2, -0.15) is 0 Å². The maximum atomic E-state index is 13.7. The summed E-state index contributed by atoms with van der Waals surface area (Å²) >= 11 is 6.71. The van der Waals surface area contributed by atoms with Crippen molar-refractivity contribution < 1.29 is 14.3 Å². The van der Waals surface area contributed by atoms with Crippen LogP contribution in [0.3, 0.4) is 0 Å². The number of nitrogens with one attached hydrogen (secondary N) is 1. The van der Waals surface area contributed by atoms with Gasteiger partial charge in [0.25, 0.3) is 0 Å². The van der Waals surface area contributed by atoms with E-state index in [1.807, 2.05) is 72.8 Å². The minimum Gasteiger partial charge on any atom is -0.456 e. The van der Waals surface area contributed by atoms with Gasteiger partial charge in [-0.25, -0.2) is 4.79 Å². The topological polar surface area (TPSA) is 50.8 Å². The monoisotopic (exact) mass is 552 g/mol. The van der Waals surface area contributed by atoms with E-state index >= 15 is 0 Å². The van der Waals surface area contributed by atoms with Crippen molar-refractivity contribution in [3.63, 3.8) is 0 Å². The van der Waals surface area contributed by atoms with Crippen LogP contribution in [0.4, 0.5) is 17.1 Å². The Labute approximate surface area is 240 Å². The number of fused-ring (bicyclic) bond motifs is 6. The third-order valence-corrected chi connectivity index (χ3v) is 8.12. The van der Waals surface area contributed by atoms with Crippen molar-refractivity contribution >= 4 is 34.6 Å². The smallest absolute Gasteiger partial charge is 0.342 e. The fourth-order valence-corrected chi connectivity index (χ4v) is 5.96. The number of esters is 1. The number of nitrogens with zero attached hydrogens (tertiary/aromatic N) is 1. The van der Waals surface area contributed by atoms with Crippen molar-refractivity contribution in [2.45, 2.75) is 45.1 Å². The lowest BCUT2D eigenvalue weighted by Gasteiger charge is -2.36. The molecule has 5 nitrogen and oxygen atoms in total. The van der Waals surface area contributed by atoms with E-state index in [0.29, 0.717) is 27.8 Å². The lowest BCUT2D eigenvalue weighted by Crippen LogP contribution is -2.32. The number of anilines is 3. The molecule has 0 saturated carbocycles. The van der Waals surface area contributed by atoms with E-state index in [4.69, 9.17) is 21.1 Å². The first-order valence-electron chi connectivity index (χ1n) is 14.1. The molecule has 40 heavy (non-hydrogen) atoms. The van der Waals surface area contributed by atoms with Gasteiger partial charge in [0.1, 0.15) is 11.5 Å². The number of rotatable bonds is 9. The number of benzene rings is 4. The van der Waals surface area contributed by atoms with Crippen LogP contribution in [0.1, 0.15) is 66.6 Å². The molecule has 204 valence electrons. The Morgan fingerprint density at radius 2 is 1.40 bits per heavy atom. The normalized spacial score (nSPS) is 14.1. The van der Waals surface area contributed by atoms with E-state index < -0.39 is 5.60 Å². The Balaban J connectivity index is 1.43. The summed E-state index contributed by atoms with van der Waals surface area (Å²) in [5.41, 5.74) is 4.34. The summed E-state index contributed by atoms with van der Waals surface area (Å²) in [6, 6.07) is 27.4. The molecule has 0 saturated heterocycles. The highest BCUT2D eigenvalue weighted by Gasteiger charge is 2.54. The molecule has 0 aliphatic carbocycles. The molecule has 6 heteroatoms. The SMILES string of the molecule is CCCCN(CCCC)c1ccc(Cl)c(Nc2cccc3c2C(=O)OC32c3ccccc3Oc3ccccc32)c1. The number of unbranched alkanes of at least 4 members (excludes halogenated alkanes) is 2. The summed E-state index contributed by atoms with van der Waals surface area (Å²) < 4.78 is 12.6. The van der Waals surface area contributed by atoms with Crippen LogP contribution in [0.15, 0.2) is 84.9 Å². The van der Waals surface area contributed by atoms with Gasteiger partial charge in [-0.15, -0.1) is 0 Å². The zero-order valence-corrected chi connectivity index (χ0v) is 23.6. The summed E-state index contributed by atoms with van der Waals surface area (Å²) in [5.74, 6) is 0.967. The van der Waals surface area contributed by atoms with E-state index in [-0.39, 0.29) is 5.97 Å². The maximum absolute atomic E-state index is 13.7. The zero-order chi connectivity index (χ0) is 27.7. The number of halogens is 1. The van der Waals surface area contributed by atoms with Gasteiger partial charge < -0.3 is 19.7 Å². The molecule has 4 aromatic carbocycles. The highest BCUT2D eigenvalue weighted by atomic mass is 35.5. The van der Waals surface area contributed by atoms with Crippen molar-refractivity contribution in [3.8, 4) is 11.5 Å². The van der Waals surface area contributed by atoms with Gasteiger partial charge in [-0.05, 0) is 49.2 Å².